The van der Waals surface area contributed by atoms with Crippen LogP contribution in [0.15, 0.2) is 0 Å². The average Bonchev–Trinajstić information content (AvgIpc) is 2.45. The van der Waals surface area contributed by atoms with Crippen LogP contribution >= 0.6 is 0 Å². The van der Waals surface area contributed by atoms with Crippen LogP contribution in [0.4, 0.5) is 0 Å². The highest BCUT2D eigenvalue weighted by Gasteiger charge is 2.22. The highest BCUT2D eigenvalue weighted by atomic mass is 16.5. The minimum absolute atomic E-state index is 0.0206. The zero-order valence-corrected chi connectivity index (χ0v) is 14.4. The number of hydrogen-bond donors (Lipinski definition) is 0. The van der Waals surface area contributed by atoms with Gasteiger partial charge in [-0.25, -0.2) is 0 Å². The molecule has 0 radical (unpaired) electrons. The SMILES string of the molecule is CCCOC(=O)C(C)(C)C.CCOC(=O)C1CCCCC1. The standard InChI is InChI=1S/C9H16O2.C8H16O2/c1-2-11-9(10)8-6-4-3-5-7-8;1-5-6-10-7(9)8(2,3)4/h8H,2-7H2,1H3;5-6H2,1-4H3. The smallest absolute Gasteiger partial charge is 0.311 e. The molecule has 0 aromatic rings. The second kappa shape index (κ2) is 10.6. The van der Waals surface area contributed by atoms with Crippen LogP contribution in [0, 0.1) is 11.3 Å². The summed E-state index contributed by atoms with van der Waals surface area (Å²) in [5.41, 5.74) is -0.352. The molecule has 0 aromatic carbocycles. The first-order valence-corrected chi connectivity index (χ1v) is 8.16. The Hall–Kier alpha value is -1.06. The molecule has 4 nitrogen and oxygen atoms in total. The van der Waals surface area contributed by atoms with Crippen molar-refractivity contribution >= 4 is 11.9 Å². The zero-order valence-electron chi connectivity index (χ0n) is 14.4. The van der Waals surface area contributed by atoms with Crippen molar-refractivity contribution < 1.29 is 19.1 Å². The predicted octanol–water partition coefficient (Wildman–Crippen LogP) is 4.12. The van der Waals surface area contributed by atoms with Gasteiger partial charge in [0.1, 0.15) is 0 Å². The monoisotopic (exact) mass is 300 g/mol. The number of hydrogen-bond acceptors (Lipinski definition) is 4. The van der Waals surface area contributed by atoms with E-state index in [4.69, 9.17) is 9.47 Å². The van der Waals surface area contributed by atoms with Gasteiger partial charge >= 0.3 is 11.9 Å². The predicted molar refractivity (Wildman–Crippen MR) is 83.9 cm³/mol. The lowest BCUT2D eigenvalue weighted by molar-refractivity contribution is -0.153. The Bertz CT molecular complexity index is 298. The van der Waals surface area contributed by atoms with Gasteiger partial charge in [0.25, 0.3) is 0 Å². The van der Waals surface area contributed by atoms with Crippen LogP contribution in [0.1, 0.15) is 73.1 Å². The molecule has 1 aliphatic carbocycles. The molecule has 1 fully saturated rings. The van der Waals surface area contributed by atoms with E-state index in [0.717, 1.165) is 19.3 Å². The van der Waals surface area contributed by atoms with Crippen molar-refractivity contribution in [2.24, 2.45) is 11.3 Å². The summed E-state index contributed by atoms with van der Waals surface area (Å²) < 4.78 is 9.86. The Morgan fingerprint density at radius 2 is 1.57 bits per heavy atom. The molecule has 0 aliphatic heterocycles. The van der Waals surface area contributed by atoms with E-state index in [1.807, 2.05) is 34.6 Å². The molecule has 1 aliphatic rings. The fraction of sp³-hybridized carbons (Fsp3) is 0.882. The number of rotatable bonds is 4. The summed E-state index contributed by atoms with van der Waals surface area (Å²) in [5, 5.41) is 0. The Balaban J connectivity index is 0.000000384. The number of ether oxygens (including phenoxy) is 2. The summed E-state index contributed by atoms with van der Waals surface area (Å²) in [6, 6.07) is 0. The minimum atomic E-state index is -0.352. The first-order chi connectivity index (χ1) is 9.82. The molecule has 124 valence electrons. The van der Waals surface area contributed by atoms with Crippen LogP contribution in [-0.4, -0.2) is 25.2 Å². The van der Waals surface area contributed by atoms with Gasteiger partial charge in [-0.3, -0.25) is 9.59 Å². The molecule has 0 N–H and O–H groups in total. The van der Waals surface area contributed by atoms with E-state index in [9.17, 15) is 9.59 Å². The molecule has 0 saturated heterocycles. The average molecular weight is 300 g/mol. The molecule has 0 spiro atoms. The first kappa shape index (κ1) is 19.9. The van der Waals surface area contributed by atoms with E-state index in [1.165, 1.54) is 19.3 Å². The Morgan fingerprint density at radius 1 is 1.00 bits per heavy atom. The molecular weight excluding hydrogens is 268 g/mol. The first-order valence-electron chi connectivity index (χ1n) is 8.16. The number of esters is 2. The molecule has 1 rings (SSSR count). The summed E-state index contributed by atoms with van der Waals surface area (Å²) in [7, 11) is 0. The molecule has 0 atom stereocenters. The lowest BCUT2D eigenvalue weighted by atomic mass is 9.89. The summed E-state index contributed by atoms with van der Waals surface area (Å²) in [4.78, 5) is 22.2. The molecule has 0 amide bonds. The molecule has 0 aromatic heterocycles. The largest absolute Gasteiger partial charge is 0.466 e. The fourth-order valence-electron chi connectivity index (χ4n) is 2.01. The van der Waals surface area contributed by atoms with Crippen molar-refractivity contribution in [3.63, 3.8) is 0 Å². The van der Waals surface area contributed by atoms with Gasteiger partial charge in [0.05, 0.1) is 24.5 Å². The lowest BCUT2D eigenvalue weighted by Gasteiger charge is -2.19. The molecule has 4 heteroatoms. The van der Waals surface area contributed by atoms with Crippen LogP contribution in [0.2, 0.25) is 0 Å². The van der Waals surface area contributed by atoms with E-state index in [1.54, 1.807) is 0 Å². The summed E-state index contributed by atoms with van der Waals surface area (Å²) in [6.07, 6.45) is 6.66. The van der Waals surface area contributed by atoms with Gasteiger partial charge in [0.2, 0.25) is 0 Å². The van der Waals surface area contributed by atoms with E-state index < -0.39 is 0 Å². The van der Waals surface area contributed by atoms with E-state index in [-0.39, 0.29) is 23.3 Å². The van der Waals surface area contributed by atoms with Crippen molar-refractivity contribution in [1.82, 2.24) is 0 Å². The summed E-state index contributed by atoms with van der Waals surface area (Å²) in [5.74, 6) is 0.116. The third-order valence-electron chi connectivity index (χ3n) is 3.27. The van der Waals surface area contributed by atoms with Crippen LogP contribution in [0.5, 0.6) is 0 Å². The minimum Gasteiger partial charge on any atom is -0.466 e. The van der Waals surface area contributed by atoms with Crippen LogP contribution < -0.4 is 0 Å². The third-order valence-corrected chi connectivity index (χ3v) is 3.27. The normalized spacial score (nSPS) is 15.7. The quantitative estimate of drug-likeness (QED) is 0.733. The molecule has 1 saturated carbocycles. The molecule has 0 bridgehead atoms. The van der Waals surface area contributed by atoms with Gasteiger partial charge < -0.3 is 9.47 Å². The van der Waals surface area contributed by atoms with Gasteiger partial charge in [0, 0.05) is 0 Å². The maximum Gasteiger partial charge on any atom is 0.311 e. The van der Waals surface area contributed by atoms with Gasteiger partial charge in [-0.15, -0.1) is 0 Å². The van der Waals surface area contributed by atoms with Crippen molar-refractivity contribution in [3.05, 3.63) is 0 Å². The second-order valence-electron chi connectivity index (χ2n) is 6.47. The summed E-state index contributed by atoms with van der Waals surface area (Å²) in [6.45, 7) is 10.5. The molecule has 0 heterocycles. The molecule has 21 heavy (non-hydrogen) atoms. The Morgan fingerprint density at radius 3 is 2.00 bits per heavy atom. The Kier molecular flexibility index (Phi) is 10.1. The lowest BCUT2D eigenvalue weighted by Crippen LogP contribution is -2.23. The van der Waals surface area contributed by atoms with E-state index in [0.29, 0.717) is 13.2 Å². The van der Waals surface area contributed by atoms with E-state index in [2.05, 4.69) is 0 Å². The Labute approximate surface area is 129 Å². The topological polar surface area (TPSA) is 52.6 Å². The number of carbonyl (C=O) groups excluding carboxylic acids is 2. The van der Waals surface area contributed by atoms with Crippen LogP contribution in [0.3, 0.4) is 0 Å². The van der Waals surface area contributed by atoms with Crippen LogP contribution in [0.25, 0.3) is 0 Å². The maximum atomic E-state index is 11.2. The van der Waals surface area contributed by atoms with Crippen molar-refractivity contribution in [2.75, 3.05) is 13.2 Å². The van der Waals surface area contributed by atoms with Crippen molar-refractivity contribution in [3.8, 4) is 0 Å². The van der Waals surface area contributed by atoms with Gasteiger partial charge in [-0.1, -0.05) is 26.2 Å². The van der Waals surface area contributed by atoms with Gasteiger partial charge in [0.15, 0.2) is 0 Å². The summed E-state index contributed by atoms with van der Waals surface area (Å²) >= 11 is 0. The highest BCUT2D eigenvalue weighted by molar-refractivity contribution is 5.75. The van der Waals surface area contributed by atoms with Crippen molar-refractivity contribution in [1.29, 1.82) is 0 Å². The molecule has 0 unspecified atom stereocenters. The van der Waals surface area contributed by atoms with Crippen LogP contribution in [-0.2, 0) is 19.1 Å². The van der Waals surface area contributed by atoms with Gasteiger partial charge in [-0.2, -0.15) is 0 Å². The fourth-order valence-corrected chi connectivity index (χ4v) is 2.01. The van der Waals surface area contributed by atoms with Crippen molar-refractivity contribution in [2.45, 2.75) is 73.1 Å². The zero-order chi connectivity index (χ0) is 16.3. The van der Waals surface area contributed by atoms with Gasteiger partial charge in [-0.05, 0) is 47.0 Å². The number of carbonyl (C=O) groups is 2. The highest BCUT2D eigenvalue weighted by Crippen LogP contribution is 2.24. The maximum absolute atomic E-state index is 11.2. The molecular formula is C17H32O4. The van der Waals surface area contributed by atoms with E-state index >= 15 is 0 Å². The third kappa shape index (κ3) is 9.48. The second-order valence-corrected chi connectivity index (χ2v) is 6.47.